The molecule has 9 heteroatoms. The predicted molar refractivity (Wildman–Crippen MR) is 154 cm³/mol. The zero-order chi connectivity index (χ0) is 27.5. The maximum atomic E-state index is 12.7. The molecule has 1 fully saturated rings. The predicted octanol–water partition coefficient (Wildman–Crippen LogP) is 6.89. The van der Waals surface area contributed by atoms with Gasteiger partial charge in [0.15, 0.2) is 6.61 Å². The first-order chi connectivity index (χ1) is 18.8. The number of hydrogen-bond donors (Lipinski definition) is 1. The summed E-state index contributed by atoms with van der Waals surface area (Å²) in [6.07, 6.45) is 0.0101. The number of amides is 2. The fourth-order valence-corrected chi connectivity index (χ4v) is 5.04. The monoisotopic (exact) mass is 606 g/mol. The molecule has 1 aliphatic rings. The Bertz CT molecular complexity index is 1570. The van der Waals surface area contributed by atoms with E-state index in [-0.39, 0.29) is 18.9 Å². The molecule has 1 atom stereocenters. The van der Waals surface area contributed by atoms with E-state index < -0.39 is 24.4 Å². The average molecular weight is 608 g/mol. The lowest BCUT2D eigenvalue weighted by molar-refractivity contribution is -0.151. The number of benzene rings is 4. The third-order valence-electron chi connectivity index (χ3n) is 6.54. The second-order valence-corrected chi connectivity index (χ2v) is 10.4. The molecule has 0 saturated carbocycles. The molecule has 2 amide bonds. The second kappa shape index (κ2) is 11.5. The van der Waals surface area contributed by atoms with Gasteiger partial charge in [-0.3, -0.25) is 14.4 Å². The molecular weight excluding hydrogens is 584 g/mol. The van der Waals surface area contributed by atoms with Crippen LogP contribution in [0.2, 0.25) is 5.02 Å². The molecule has 5 rings (SSSR count). The van der Waals surface area contributed by atoms with Crippen LogP contribution in [0.15, 0.2) is 83.3 Å². The summed E-state index contributed by atoms with van der Waals surface area (Å²) in [6.45, 7) is 1.48. The van der Waals surface area contributed by atoms with Gasteiger partial charge in [0, 0.05) is 34.2 Å². The topological polar surface area (TPSA) is 84.9 Å². The molecule has 39 heavy (non-hydrogen) atoms. The highest BCUT2D eigenvalue weighted by molar-refractivity contribution is 9.10. The molecule has 0 radical (unpaired) electrons. The Hall–Kier alpha value is -3.88. The van der Waals surface area contributed by atoms with E-state index in [0.29, 0.717) is 32.2 Å². The Morgan fingerprint density at radius 3 is 2.56 bits per heavy atom. The van der Waals surface area contributed by atoms with Crippen LogP contribution in [-0.4, -0.2) is 30.9 Å². The standard InChI is InChI=1S/C30H24BrClN2O5/c1-18-25(14-13-24(31)29(18)32)33-27(35)17-38-30(37)20-15-28(36)34(16-20)21-9-11-22(12-10-21)39-26-8-4-6-19-5-2-3-7-23(19)26/h2-14,20H,15-17H2,1H3,(H,33,35)/t20-/m0/s1. The molecule has 0 spiro atoms. The smallest absolute Gasteiger partial charge is 0.311 e. The number of hydrogen-bond acceptors (Lipinski definition) is 5. The summed E-state index contributed by atoms with van der Waals surface area (Å²) in [5, 5.41) is 5.26. The van der Waals surface area contributed by atoms with Crippen molar-refractivity contribution in [2.45, 2.75) is 13.3 Å². The van der Waals surface area contributed by atoms with Gasteiger partial charge in [-0.25, -0.2) is 0 Å². The molecule has 1 saturated heterocycles. The number of ether oxygens (including phenoxy) is 2. The van der Waals surface area contributed by atoms with E-state index in [2.05, 4.69) is 21.2 Å². The summed E-state index contributed by atoms with van der Waals surface area (Å²) in [7, 11) is 0. The van der Waals surface area contributed by atoms with Gasteiger partial charge in [0.2, 0.25) is 5.91 Å². The van der Waals surface area contributed by atoms with Crippen LogP contribution in [0.3, 0.4) is 0 Å². The summed E-state index contributed by atoms with van der Waals surface area (Å²) in [5.41, 5.74) is 1.87. The third-order valence-corrected chi connectivity index (χ3v) is 7.92. The fourth-order valence-electron chi connectivity index (χ4n) is 4.45. The Kier molecular flexibility index (Phi) is 7.86. The largest absolute Gasteiger partial charge is 0.457 e. The number of rotatable bonds is 7. The van der Waals surface area contributed by atoms with E-state index in [4.69, 9.17) is 21.1 Å². The minimum absolute atomic E-state index is 0.0101. The first-order valence-corrected chi connectivity index (χ1v) is 13.4. The highest BCUT2D eigenvalue weighted by Gasteiger charge is 2.36. The lowest BCUT2D eigenvalue weighted by atomic mass is 10.1. The van der Waals surface area contributed by atoms with Gasteiger partial charge >= 0.3 is 5.97 Å². The molecular formula is C30H24BrClN2O5. The van der Waals surface area contributed by atoms with E-state index in [1.54, 1.807) is 48.2 Å². The van der Waals surface area contributed by atoms with Crippen molar-refractivity contribution in [1.82, 2.24) is 0 Å². The van der Waals surface area contributed by atoms with Crippen molar-refractivity contribution in [3.05, 3.63) is 93.9 Å². The average Bonchev–Trinajstić information content (AvgIpc) is 3.34. The second-order valence-electron chi connectivity index (χ2n) is 9.17. The van der Waals surface area contributed by atoms with Gasteiger partial charge in [-0.05, 0) is 76.3 Å². The zero-order valence-corrected chi connectivity index (χ0v) is 23.3. The highest BCUT2D eigenvalue weighted by atomic mass is 79.9. The number of anilines is 2. The molecule has 0 bridgehead atoms. The van der Waals surface area contributed by atoms with Gasteiger partial charge in [0.05, 0.1) is 10.9 Å². The van der Waals surface area contributed by atoms with Crippen LogP contribution in [0.25, 0.3) is 10.8 Å². The van der Waals surface area contributed by atoms with Crippen LogP contribution in [0.1, 0.15) is 12.0 Å². The molecule has 0 unspecified atom stereocenters. The summed E-state index contributed by atoms with van der Waals surface area (Å²) in [6, 6.07) is 24.4. The Morgan fingerprint density at radius 2 is 1.77 bits per heavy atom. The quantitative estimate of drug-likeness (QED) is 0.231. The van der Waals surface area contributed by atoms with Crippen molar-refractivity contribution >= 4 is 67.5 Å². The minimum Gasteiger partial charge on any atom is -0.457 e. The van der Waals surface area contributed by atoms with E-state index in [1.807, 2.05) is 42.5 Å². The van der Waals surface area contributed by atoms with E-state index in [0.717, 1.165) is 16.5 Å². The van der Waals surface area contributed by atoms with Gasteiger partial charge in [-0.2, -0.15) is 0 Å². The summed E-state index contributed by atoms with van der Waals surface area (Å²) < 4.78 is 12.0. The van der Waals surface area contributed by atoms with E-state index in [1.165, 1.54) is 0 Å². The van der Waals surface area contributed by atoms with Crippen LogP contribution >= 0.6 is 27.5 Å². The van der Waals surface area contributed by atoms with Gasteiger partial charge < -0.3 is 19.7 Å². The summed E-state index contributed by atoms with van der Waals surface area (Å²) >= 11 is 9.53. The number of halogens is 2. The fraction of sp³-hybridized carbons (Fsp3) is 0.167. The first kappa shape index (κ1) is 26.7. The SMILES string of the molecule is Cc1c(NC(=O)COC(=O)[C@H]2CC(=O)N(c3ccc(Oc4cccc5ccccc45)cc3)C2)ccc(Br)c1Cl. The van der Waals surface area contributed by atoms with Crippen molar-refractivity contribution in [3.63, 3.8) is 0 Å². The first-order valence-electron chi connectivity index (χ1n) is 12.3. The van der Waals surface area contributed by atoms with Crippen LogP contribution in [0.4, 0.5) is 11.4 Å². The number of nitrogens with zero attached hydrogens (tertiary/aromatic N) is 1. The lowest BCUT2D eigenvalue weighted by Gasteiger charge is -2.17. The molecule has 0 aliphatic carbocycles. The number of nitrogens with one attached hydrogen (secondary N) is 1. The van der Waals surface area contributed by atoms with Crippen LogP contribution in [-0.2, 0) is 19.1 Å². The Morgan fingerprint density at radius 1 is 1.03 bits per heavy atom. The number of fused-ring (bicyclic) bond motifs is 1. The maximum Gasteiger partial charge on any atom is 0.311 e. The molecule has 0 aromatic heterocycles. The normalized spacial score (nSPS) is 14.9. The molecule has 1 N–H and O–H groups in total. The maximum absolute atomic E-state index is 12.7. The number of carbonyl (C=O) groups is 3. The van der Waals surface area contributed by atoms with Gasteiger partial charge in [0.25, 0.3) is 5.91 Å². The minimum atomic E-state index is -0.666. The zero-order valence-electron chi connectivity index (χ0n) is 20.9. The van der Waals surface area contributed by atoms with Gasteiger partial charge in [-0.1, -0.05) is 48.0 Å². The molecule has 4 aromatic carbocycles. The Labute approximate surface area is 238 Å². The van der Waals surface area contributed by atoms with Crippen molar-refractivity contribution in [1.29, 1.82) is 0 Å². The number of carbonyl (C=O) groups excluding carboxylic acids is 3. The molecule has 198 valence electrons. The summed E-state index contributed by atoms with van der Waals surface area (Å²) in [4.78, 5) is 39.2. The van der Waals surface area contributed by atoms with Gasteiger partial charge in [0.1, 0.15) is 11.5 Å². The van der Waals surface area contributed by atoms with E-state index in [9.17, 15) is 14.4 Å². The van der Waals surface area contributed by atoms with Crippen molar-refractivity contribution in [2.75, 3.05) is 23.4 Å². The lowest BCUT2D eigenvalue weighted by Crippen LogP contribution is -2.28. The Balaban J connectivity index is 1.17. The van der Waals surface area contributed by atoms with E-state index >= 15 is 0 Å². The van der Waals surface area contributed by atoms with Crippen LogP contribution < -0.4 is 15.0 Å². The van der Waals surface area contributed by atoms with Crippen molar-refractivity contribution in [3.8, 4) is 11.5 Å². The number of esters is 1. The van der Waals surface area contributed by atoms with Crippen LogP contribution in [0.5, 0.6) is 11.5 Å². The molecule has 1 heterocycles. The van der Waals surface area contributed by atoms with Crippen LogP contribution in [0, 0.1) is 12.8 Å². The molecule has 4 aromatic rings. The summed E-state index contributed by atoms with van der Waals surface area (Å²) in [5.74, 6) is -0.574. The van der Waals surface area contributed by atoms with Gasteiger partial charge in [-0.15, -0.1) is 0 Å². The molecule has 1 aliphatic heterocycles. The molecule has 7 nitrogen and oxygen atoms in total. The third kappa shape index (κ3) is 5.92. The highest BCUT2D eigenvalue weighted by Crippen LogP contribution is 2.33. The van der Waals surface area contributed by atoms with Crippen molar-refractivity contribution in [2.24, 2.45) is 5.92 Å². The van der Waals surface area contributed by atoms with Crippen molar-refractivity contribution < 1.29 is 23.9 Å².